The van der Waals surface area contributed by atoms with Crippen molar-refractivity contribution in [1.29, 1.82) is 0 Å². The number of nitrogens with one attached hydrogen (secondary N) is 1. The van der Waals surface area contributed by atoms with Crippen molar-refractivity contribution >= 4 is 0 Å². The van der Waals surface area contributed by atoms with Crippen molar-refractivity contribution in [3.8, 4) is 0 Å². The van der Waals surface area contributed by atoms with Crippen LogP contribution in [0.25, 0.3) is 0 Å². The fraction of sp³-hybridized carbons (Fsp3) is 0.857. The third kappa shape index (κ3) is 5.30. The molecule has 0 aliphatic carbocycles. The molecule has 7 heteroatoms. The topological polar surface area (TPSA) is 100 Å². The second kappa shape index (κ2) is 9.47. The van der Waals surface area contributed by atoms with Crippen molar-refractivity contribution in [2.24, 2.45) is 0 Å². The molecule has 1 heterocycles. The summed E-state index contributed by atoms with van der Waals surface area (Å²) in [6.07, 6.45) is -1.40. The van der Waals surface area contributed by atoms with Gasteiger partial charge in [-0.15, -0.1) is 6.58 Å². The van der Waals surface area contributed by atoms with Crippen LogP contribution in [0.5, 0.6) is 0 Å². The average Bonchev–Trinajstić information content (AvgIpc) is 2.46. The lowest BCUT2D eigenvalue weighted by Crippen LogP contribution is -2.63. The Balaban J connectivity index is 2.47. The van der Waals surface area contributed by atoms with Gasteiger partial charge in [0.05, 0.1) is 38.1 Å². The van der Waals surface area contributed by atoms with E-state index >= 15 is 0 Å². The SMILES string of the molecule is C=CCOCC(O)CNC1C(C)OC(CO)C(OC)C1O. The van der Waals surface area contributed by atoms with Gasteiger partial charge in [0.15, 0.2) is 0 Å². The highest BCUT2D eigenvalue weighted by molar-refractivity contribution is 4.95. The molecule has 21 heavy (non-hydrogen) atoms. The third-order valence-electron chi connectivity index (χ3n) is 3.55. The predicted octanol–water partition coefficient (Wildman–Crippen LogP) is -1.34. The van der Waals surface area contributed by atoms with E-state index in [0.717, 1.165) is 0 Å². The molecular formula is C14H27NO6. The van der Waals surface area contributed by atoms with Gasteiger partial charge in [0.2, 0.25) is 0 Å². The van der Waals surface area contributed by atoms with Gasteiger partial charge < -0.3 is 34.8 Å². The van der Waals surface area contributed by atoms with Crippen molar-refractivity contribution in [2.45, 2.75) is 43.5 Å². The standard InChI is InChI=1S/C14H27NO6/c1-4-5-20-8-10(17)6-15-12-9(2)21-11(7-16)14(19-3)13(12)18/h4,9-18H,1,5-8H2,2-3H3. The van der Waals surface area contributed by atoms with E-state index in [1.54, 1.807) is 13.0 Å². The van der Waals surface area contributed by atoms with Gasteiger partial charge in [-0.05, 0) is 6.92 Å². The molecule has 0 saturated carbocycles. The van der Waals surface area contributed by atoms with E-state index in [1.165, 1.54) is 7.11 Å². The highest BCUT2D eigenvalue weighted by Gasteiger charge is 2.43. The quantitative estimate of drug-likeness (QED) is 0.309. The molecule has 6 unspecified atom stereocenters. The lowest BCUT2D eigenvalue weighted by Gasteiger charge is -2.43. The maximum atomic E-state index is 10.3. The Labute approximate surface area is 125 Å². The summed E-state index contributed by atoms with van der Waals surface area (Å²) in [5, 5.41) is 32.4. The molecule has 124 valence electrons. The highest BCUT2D eigenvalue weighted by atomic mass is 16.6. The number of ether oxygens (including phenoxy) is 3. The van der Waals surface area contributed by atoms with E-state index in [1.807, 2.05) is 0 Å². The maximum absolute atomic E-state index is 10.3. The molecule has 0 bridgehead atoms. The van der Waals surface area contributed by atoms with Crippen LogP contribution >= 0.6 is 0 Å². The van der Waals surface area contributed by atoms with Gasteiger partial charge in [0.1, 0.15) is 18.3 Å². The summed E-state index contributed by atoms with van der Waals surface area (Å²) < 4.78 is 16.0. The van der Waals surface area contributed by atoms with Crippen molar-refractivity contribution < 1.29 is 29.5 Å². The van der Waals surface area contributed by atoms with Gasteiger partial charge in [-0.3, -0.25) is 0 Å². The van der Waals surface area contributed by atoms with Gasteiger partial charge in [-0.25, -0.2) is 0 Å². The Morgan fingerprint density at radius 2 is 2.19 bits per heavy atom. The first-order valence-electron chi connectivity index (χ1n) is 7.12. The monoisotopic (exact) mass is 305 g/mol. The van der Waals surface area contributed by atoms with Crippen molar-refractivity contribution in [2.75, 3.05) is 33.5 Å². The first-order chi connectivity index (χ1) is 10.0. The Bertz CT molecular complexity index is 303. The predicted molar refractivity (Wildman–Crippen MR) is 77.0 cm³/mol. The zero-order chi connectivity index (χ0) is 15.8. The van der Waals surface area contributed by atoms with E-state index in [9.17, 15) is 15.3 Å². The van der Waals surface area contributed by atoms with Gasteiger partial charge in [0.25, 0.3) is 0 Å². The van der Waals surface area contributed by atoms with Crippen molar-refractivity contribution in [3.05, 3.63) is 12.7 Å². The normalized spacial score (nSPS) is 34.6. The van der Waals surface area contributed by atoms with Gasteiger partial charge >= 0.3 is 0 Å². The molecule has 1 aliphatic heterocycles. The van der Waals surface area contributed by atoms with E-state index in [4.69, 9.17) is 14.2 Å². The molecule has 1 saturated heterocycles. The van der Waals surface area contributed by atoms with Crippen LogP contribution < -0.4 is 5.32 Å². The van der Waals surface area contributed by atoms with E-state index < -0.39 is 30.5 Å². The van der Waals surface area contributed by atoms with E-state index in [0.29, 0.717) is 6.61 Å². The van der Waals surface area contributed by atoms with Crippen LogP contribution in [-0.2, 0) is 14.2 Å². The number of aliphatic hydroxyl groups is 3. The molecule has 4 N–H and O–H groups in total. The van der Waals surface area contributed by atoms with Crippen LogP contribution in [0, 0.1) is 0 Å². The highest BCUT2D eigenvalue weighted by Crippen LogP contribution is 2.22. The van der Waals surface area contributed by atoms with Gasteiger partial charge in [-0.1, -0.05) is 6.08 Å². The molecular weight excluding hydrogens is 278 g/mol. The zero-order valence-corrected chi connectivity index (χ0v) is 12.6. The fourth-order valence-electron chi connectivity index (χ4n) is 2.48. The Hall–Kier alpha value is -0.540. The Morgan fingerprint density at radius 1 is 1.48 bits per heavy atom. The maximum Gasteiger partial charge on any atom is 0.113 e. The van der Waals surface area contributed by atoms with Crippen LogP contribution in [0.15, 0.2) is 12.7 Å². The number of hydrogen-bond acceptors (Lipinski definition) is 7. The molecule has 1 fully saturated rings. The molecule has 6 atom stereocenters. The van der Waals surface area contributed by atoms with Crippen LogP contribution in [-0.4, -0.2) is 85.4 Å². The summed E-state index contributed by atoms with van der Waals surface area (Å²) in [6, 6.07) is -0.396. The van der Waals surface area contributed by atoms with Crippen LogP contribution in [0.1, 0.15) is 6.92 Å². The summed E-state index contributed by atoms with van der Waals surface area (Å²) in [5.74, 6) is 0. The smallest absolute Gasteiger partial charge is 0.113 e. The number of hydrogen-bond donors (Lipinski definition) is 4. The second-order valence-electron chi connectivity index (χ2n) is 5.17. The molecule has 0 aromatic heterocycles. The molecule has 0 spiro atoms. The summed E-state index contributed by atoms with van der Waals surface area (Å²) in [4.78, 5) is 0. The minimum Gasteiger partial charge on any atom is -0.394 e. The molecule has 1 aliphatic rings. The van der Waals surface area contributed by atoms with Crippen molar-refractivity contribution in [3.63, 3.8) is 0 Å². The molecule has 1 rings (SSSR count). The Kier molecular flexibility index (Phi) is 8.35. The summed E-state index contributed by atoms with van der Waals surface area (Å²) in [6.45, 7) is 5.93. The first kappa shape index (κ1) is 18.5. The number of rotatable bonds is 9. The third-order valence-corrected chi connectivity index (χ3v) is 3.55. The van der Waals surface area contributed by atoms with Crippen LogP contribution in [0.4, 0.5) is 0 Å². The molecule has 0 radical (unpaired) electrons. The minimum atomic E-state index is -0.836. The Morgan fingerprint density at radius 3 is 2.76 bits per heavy atom. The number of methoxy groups -OCH3 is 1. The average molecular weight is 305 g/mol. The van der Waals surface area contributed by atoms with Crippen LogP contribution in [0.3, 0.4) is 0 Å². The summed E-state index contributed by atoms with van der Waals surface area (Å²) in [7, 11) is 1.46. The van der Waals surface area contributed by atoms with E-state index in [2.05, 4.69) is 11.9 Å². The lowest BCUT2D eigenvalue weighted by atomic mass is 9.93. The first-order valence-corrected chi connectivity index (χ1v) is 7.12. The zero-order valence-electron chi connectivity index (χ0n) is 12.6. The molecule has 0 amide bonds. The lowest BCUT2D eigenvalue weighted by molar-refractivity contribution is -0.199. The van der Waals surface area contributed by atoms with Gasteiger partial charge in [-0.2, -0.15) is 0 Å². The number of aliphatic hydroxyl groups excluding tert-OH is 3. The molecule has 0 aromatic carbocycles. The molecule has 7 nitrogen and oxygen atoms in total. The molecule has 0 aromatic rings. The summed E-state index contributed by atoms with van der Waals surface area (Å²) >= 11 is 0. The van der Waals surface area contributed by atoms with Gasteiger partial charge in [0, 0.05) is 13.7 Å². The van der Waals surface area contributed by atoms with E-state index in [-0.39, 0.29) is 25.9 Å². The van der Waals surface area contributed by atoms with Crippen molar-refractivity contribution in [1.82, 2.24) is 5.32 Å². The van der Waals surface area contributed by atoms with Crippen LogP contribution in [0.2, 0.25) is 0 Å². The fourth-order valence-corrected chi connectivity index (χ4v) is 2.48. The minimum absolute atomic E-state index is 0.185. The largest absolute Gasteiger partial charge is 0.394 e. The summed E-state index contributed by atoms with van der Waals surface area (Å²) in [5.41, 5.74) is 0. The second-order valence-corrected chi connectivity index (χ2v) is 5.17.